The molecule has 0 aliphatic heterocycles. The zero-order valence-electron chi connectivity index (χ0n) is 12.5. The summed E-state index contributed by atoms with van der Waals surface area (Å²) in [4.78, 5) is 11.8. The van der Waals surface area contributed by atoms with Crippen LogP contribution in [0.1, 0.15) is 71.6 Å². The van der Waals surface area contributed by atoms with Crippen molar-refractivity contribution in [2.45, 2.75) is 83.7 Å². The van der Waals surface area contributed by atoms with Crippen LogP contribution in [0.15, 0.2) is 0 Å². The average Bonchev–Trinajstić information content (AvgIpc) is 2.38. The predicted molar refractivity (Wildman–Crippen MR) is 83.5 cm³/mol. The number of carbonyl (C=O) groups is 1. The molecule has 0 saturated heterocycles. The highest BCUT2D eigenvalue weighted by Gasteiger charge is 2.23. The molecule has 1 unspecified atom stereocenters. The van der Waals surface area contributed by atoms with Gasteiger partial charge in [-0.3, -0.25) is 4.79 Å². The van der Waals surface area contributed by atoms with Crippen LogP contribution in [0.25, 0.3) is 0 Å². The van der Waals surface area contributed by atoms with Gasteiger partial charge in [0.15, 0.2) is 0 Å². The molecule has 0 heterocycles. The van der Waals surface area contributed by atoms with E-state index in [9.17, 15) is 4.79 Å². The van der Waals surface area contributed by atoms with Crippen molar-refractivity contribution in [1.82, 2.24) is 5.32 Å². The second-order valence-electron chi connectivity index (χ2n) is 5.76. The van der Waals surface area contributed by atoms with Crippen LogP contribution in [0.4, 0.5) is 0 Å². The number of nitrogens with two attached hydrogens (primary N) is 1. The van der Waals surface area contributed by atoms with Gasteiger partial charge in [0, 0.05) is 6.04 Å². The number of unbranched alkanes of at least 4 members (excludes halogenated alkanes) is 1. The number of carbonyl (C=O) groups excluding carboxylic acids is 1. The summed E-state index contributed by atoms with van der Waals surface area (Å²) >= 11 is 0. The van der Waals surface area contributed by atoms with Crippen molar-refractivity contribution < 1.29 is 4.79 Å². The van der Waals surface area contributed by atoms with Gasteiger partial charge in [0.1, 0.15) is 0 Å². The van der Waals surface area contributed by atoms with Gasteiger partial charge in [-0.2, -0.15) is 0 Å². The van der Waals surface area contributed by atoms with E-state index in [-0.39, 0.29) is 24.4 Å². The fourth-order valence-electron chi connectivity index (χ4n) is 2.84. The normalized spacial score (nSPS) is 24.4. The van der Waals surface area contributed by atoms with Crippen LogP contribution < -0.4 is 11.1 Å². The molecule has 1 rings (SSSR count). The van der Waals surface area contributed by atoms with Crippen molar-refractivity contribution in [3.8, 4) is 0 Å². The van der Waals surface area contributed by atoms with Crippen molar-refractivity contribution in [3.63, 3.8) is 0 Å². The second kappa shape index (κ2) is 10.5. The Kier molecular flexibility index (Phi) is 10.3. The van der Waals surface area contributed by atoms with Gasteiger partial charge in [0.05, 0.1) is 6.04 Å². The van der Waals surface area contributed by atoms with E-state index >= 15 is 0 Å². The Labute approximate surface area is 124 Å². The van der Waals surface area contributed by atoms with Crippen LogP contribution in [-0.2, 0) is 4.79 Å². The fraction of sp³-hybridized carbons (Fsp3) is 0.933. The third-order valence-electron chi connectivity index (χ3n) is 4.10. The Morgan fingerprint density at radius 3 is 2.37 bits per heavy atom. The summed E-state index contributed by atoms with van der Waals surface area (Å²) in [6, 6.07) is 0.0612. The topological polar surface area (TPSA) is 55.1 Å². The highest BCUT2D eigenvalue weighted by molar-refractivity contribution is 5.85. The summed E-state index contributed by atoms with van der Waals surface area (Å²) in [6.45, 7) is 4.31. The number of rotatable bonds is 7. The Balaban J connectivity index is 0.00000324. The van der Waals surface area contributed by atoms with E-state index in [2.05, 4.69) is 19.2 Å². The maximum atomic E-state index is 11.8. The van der Waals surface area contributed by atoms with Gasteiger partial charge >= 0.3 is 0 Å². The molecule has 0 radical (unpaired) electrons. The Morgan fingerprint density at radius 1 is 1.21 bits per heavy atom. The second-order valence-corrected chi connectivity index (χ2v) is 5.76. The predicted octanol–water partition coefficient (Wildman–Crippen LogP) is 3.40. The first kappa shape index (κ1) is 18.7. The number of amides is 1. The highest BCUT2D eigenvalue weighted by Crippen LogP contribution is 2.28. The molecule has 1 aliphatic rings. The van der Waals surface area contributed by atoms with Crippen molar-refractivity contribution in [1.29, 1.82) is 0 Å². The maximum Gasteiger partial charge on any atom is 0.237 e. The summed E-state index contributed by atoms with van der Waals surface area (Å²) in [5.41, 5.74) is 5.83. The van der Waals surface area contributed by atoms with Gasteiger partial charge in [-0.25, -0.2) is 0 Å². The maximum absolute atomic E-state index is 11.8. The number of halogens is 1. The SMILES string of the molecule is CCCCC1CCC(NC(=O)C(N)CCC)CC1.Cl. The Bertz CT molecular complexity index is 240. The van der Waals surface area contributed by atoms with Gasteiger partial charge in [-0.05, 0) is 38.0 Å². The Morgan fingerprint density at radius 2 is 1.84 bits per heavy atom. The van der Waals surface area contributed by atoms with E-state index in [1.165, 1.54) is 32.1 Å². The lowest BCUT2D eigenvalue weighted by Gasteiger charge is -2.29. The molecule has 3 nitrogen and oxygen atoms in total. The third kappa shape index (κ3) is 7.17. The molecule has 0 aromatic rings. The molecular weight excluding hydrogens is 260 g/mol. The molecule has 114 valence electrons. The zero-order chi connectivity index (χ0) is 13.4. The number of nitrogens with one attached hydrogen (secondary N) is 1. The van der Waals surface area contributed by atoms with Gasteiger partial charge in [0.2, 0.25) is 5.91 Å². The Hall–Kier alpha value is -0.280. The van der Waals surface area contributed by atoms with Crippen LogP contribution in [-0.4, -0.2) is 18.0 Å². The average molecular weight is 291 g/mol. The first-order chi connectivity index (χ1) is 8.67. The monoisotopic (exact) mass is 290 g/mol. The van der Waals surface area contributed by atoms with Crippen molar-refractivity contribution in [2.75, 3.05) is 0 Å². The van der Waals surface area contributed by atoms with Gasteiger partial charge in [-0.1, -0.05) is 39.5 Å². The van der Waals surface area contributed by atoms with E-state index in [0.29, 0.717) is 6.04 Å². The summed E-state index contributed by atoms with van der Waals surface area (Å²) in [7, 11) is 0. The molecule has 0 aromatic carbocycles. The minimum atomic E-state index is -0.312. The lowest BCUT2D eigenvalue weighted by Crippen LogP contribution is -2.46. The number of hydrogen-bond acceptors (Lipinski definition) is 2. The van der Waals surface area contributed by atoms with E-state index < -0.39 is 0 Å². The van der Waals surface area contributed by atoms with Crippen molar-refractivity contribution in [2.24, 2.45) is 11.7 Å². The van der Waals surface area contributed by atoms with Crippen LogP contribution in [0.5, 0.6) is 0 Å². The summed E-state index contributed by atoms with van der Waals surface area (Å²) in [6.07, 6.45) is 10.6. The van der Waals surface area contributed by atoms with Crippen molar-refractivity contribution >= 4 is 18.3 Å². The van der Waals surface area contributed by atoms with Crippen LogP contribution in [0.3, 0.4) is 0 Å². The van der Waals surface area contributed by atoms with Gasteiger partial charge in [-0.15, -0.1) is 12.4 Å². The fourth-order valence-corrected chi connectivity index (χ4v) is 2.84. The standard InChI is InChI=1S/C15H30N2O.ClH/c1-3-5-7-12-8-10-13(11-9-12)17-15(18)14(16)6-4-2;/h12-14H,3-11,16H2,1-2H3,(H,17,18);1H. The van der Waals surface area contributed by atoms with Crippen LogP contribution in [0, 0.1) is 5.92 Å². The van der Waals surface area contributed by atoms with Crippen molar-refractivity contribution in [3.05, 3.63) is 0 Å². The molecule has 4 heteroatoms. The summed E-state index contributed by atoms with van der Waals surface area (Å²) in [5.74, 6) is 0.941. The highest BCUT2D eigenvalue weighted by atomic mass is 35.5. The molecule has 1 aliphatic carbocycles. The minimum Gasteiger partial charge on any atom is -0.352 e. The molecule has 1 saturated carbocycles. The molecule has 0 spiro atoms. The molecule has 0 aromatic heterocycles. The van der Waals surface area contributed by atoms with E-state index in [0.717, 1.165) is 31.6 Å². The molecule has 1 fully saturated rings. The van der Waals surface area contributed by atoms with Crippen LogP contribution >= 0.6 is 12.4 Å². The summed E-state index contributed by atoms with van der Waals surface area (Å²) < 4.78 is 0. The molecule has 1 amide bonds. The third-order valence-corrected chi connectivity index (χ3v) is 4.10. The molecule has 19 heavy (non-hydrogen) atoms. The molecule has 0 bridgehead atoms. The largest absolute Gasteiger partial charge is 0.352 e. The van der Waals surface area contributed by atoms with E-state index in [1.807, 2.05) is 0 Å². The van der Waals surface area contributed by atoms with Gasteiger partial charge in [0.25, 0.3) is 0 Å². The molecule has 3 N–H and O–H groups in total. The number of hydrogen-bond donors (Lipinski definition) is 2. The first-order valence-corrected chi connectivity index (χ1v) is 7.73. The zero-order valence-corrected chi connectivity index (χ0v) is 13.3. The quantitative estimate of drug-likeness (QED) is 0.755. The first-order valence-electron chi connectivity index (χ1n) is 7.73. The molecular formula is C15H31ClN2O. The van der Waals surface area contributed by atoms with Crippen LogP contribution in [0.2, 0.25) is 0 Å². The lowest BCUT2D eigenvalue weighted by molar-refractivity contribution is -0.123. The smallest absolute Gasteiger partial charge is 0.237 e. The van der Waals surface area contributed by atoms with E-state index in [1.54, 1.807) is 0 Å². The van der Waals surface area contributed by atoms with E-state index in [4.69, 9.17) is 5.73 Å². The van der Waals surface area contributed by atoms with Gasteiger partial charge < -0.3 is 11.1 Å². The minimum absolute atomic E-state index is 0. The molecule has 1 atom stereocenters. The summed E-state index contributed by atoms with van der Waals surface area (Å²) in [5, 5.41) is 3.12. The lowest BCUT2D eigenvalue weighted by atomic mass is 9.83.